The van der Waals surface area contributed by atoms with Gasteiger partial charge in [-0.25, -0.2) is 4.98 Å². The van der Waals surface area contributed by atoms with Gasteiger partial charge in [0.15, 0.2) is 6.39 Å². The van der Waals surface area contributed by atoms with E-state index in [1.165, 1.54) is 6.39 Å². The van der Waals surface area contributed by atoms with Crippen molar-refractivity contribution in [3.05, 3.63) is 17.8 Å². The summed E-state index contributed by atoms with van der Waals surface area (Å²) in [6.45, 7) is 6.68. The smallest absolute Gasteiger partial charge is 0.181 e. The molecular formula is C10H18N2O2. The lowest BCUT2D eigenvalue weighted by Gasteiger charge is -2.33. The van der Waals surface area contributed by atoms with Crippen LogP contribution in [0.15, 0.2) is 10.8 Å². The minimum atomic E-state index is -0.231. The molecular weight excluding hydrogens is 180 g/mol. The van der Waals surface area contributed by atoms with Crippen LogP contribution in [0.3, 0.4) is 0 Å². The second kappa shape index (κ2) is 4.11. The Morgan fingerprint density at radius 2 is 2.21 bits per heavy atom. The standard InChI is InChI=1S/C10H18N2O2/c1-8-9(11-7-14-8)5-12(4)10(2,3)6-13/h7,13H,5-6H2,1-4H3. The molecule has 0 spiro atoms. The van der Waals surface area contributed by atoms with E-state index in [0.29, 0.717) is 6.54 Å². The molecule has 0 radical (unpaired) electrons. The number of hydrogen-bond acceptors (Lipinski definition) is 4. The molecule has 14 heavy (non-hydrogen) atoms. The first-order valence-corrected chi connectivity index (χ1v) is 4.68. The number of rotatable bonds is 4. The molecule has 4 nitrogen and oxygen atoms in total. The second-order valence-electron chi connectivity index (χ2n) is 4.18. The topological polar surface area (TPSA) is 49.5 Å². The summed E-state index contributed by atoms with van der Waals surface area (Å²) in [6.07, 6.45) is 1.45. The molecule has 0 saturated carbocycles. The third kappa shape index (κ3) is 2.33. The summed E-state index contributed by atoms with van der Waals surface area (Å²) >= 11 is 0. The van der Waals surface area contributed by atoms with Gasteiger partial charge in [-0.3, -0.25) is 4.90 Å². The molecule has 0 bridgehead atoms. The van der Waals surface area contributed by atoms with Crippen LogP contribution in [-0.2, 0) is 6.54 Å². The monoisotopic (exact) mass is 198 g/mol. The van der Waals surface area contributed by atoms with Crippen LogP contribution in [-0.4, -0.2) is 34.2 Å². The maximum absolute atomic E-state index is 9.18. The molecule has 0 aromatic carbocycles. The van der Waals surface area contributed by atoms with Crippen LogP contribution in [0.2, 0.25) is 0 Å². The van der Waals surface area contributed by atoms with Crippen molar-refractivity contribution in [1.82, 2.24) is 9.88 Å². The highest BCUT2D eigenvalue weighted by Crippen LogP contribution is 2.15. The lowest BCUT2D eigenvalue weighted by atomic mass is 10.1. The molecule has 0 atom stereocenters. The van der Waals surface area contributed by atoms with Crippen LogP contribution >= 0.6 is 0 Å². The van der Waals surface area contributed by atoms with Crippen LogP contribution in [0.1, 0.15) is 25.3 Å². The Labute approximate surface area is 84.6 Å². The van der Waals surface area contributed by atoms with Gasteiger partial charge in [0.25, 0.3) is 0 Å². The summed E-state index contributed by atoms with van der Waals surface area (Å²) in [4.78, 5) is 6.17. The molecule has 0 aliphatic heterocycles. The van der Waals surface area contributed by atoms with Crippen molar-refractivity contribution in [1.29, 1.82) is 0 Å². The highest BCUT2D eigenvalue weighted by Gasteiger charge is 2.23. The van der Waals surface area contributed by atoms with Crippen molar-refractivity contribution in [2.75, 3.05) is 13.7 Å². The number of aliphatic hydroxyl groups excluding tert-OH is 1. The molecule has 1 N–H and O–H groups in total. The van der Waals surface area contributed by atoms with Gasteiger partial charge in [-0.05, 0) is 27.8 Å². The Morgan fingerprint density at radius 1 is 1.57 bits per heavy atom. The largest absolute Gasteiger partial charge is 0.448 e. The zero-order chi connectivity index (χ0) is 10.8. The number of nitrogens with zero attached hydrogens (tertiary/aromatic N) is 2. The first kappa shape index (κ1) is 11.2. The van der Waals surface area contributed by atoms with Crippen molar-refractivity contribution < 1.29 is 9.52 Å². The molecule has 80 valence electrons. The minimum Gasteiger partial charge on any atom is -0.448 e. The normalized spacial score (nSPS) is 12.4. The number of aryl methyl sites for hydroxylation is 1. The van der Waals surface area contributed by atoms with E-state index in [0.717, 1.165) is 11.5 Å². The molecule has 1 heterocycles. The Morgan fingerprint density at radius 3 is 2.64 bits per heavy atom. The molecule has 4 heteroatoms. The maximum Gasteiger partial charge on any atom is 0.181 e. The van der Waals surface area contributed by atoms with Crippen molar-refractivity contribution in [2.24, 2.45) is 0 Å². The summed E-state index contributed by atoms with van der Waals surface area (Å²) in [7, 11) is 1.96. The van der Waals surface area contributed by atoms with Crippen molar-refractivity contribution in [2.45, 2.75) is 32.9 Å². The summed E-state index contributed by atoms with van der Waals surface area (Å²) in [5.74, 6) is 0.839. The first-order chi connectivity index (χ1) is 6.47. The molecule has 1 rings (SSSR count). The van der Waals surface area contributed by atoms with Crippen LogP contribution in [0.5, 0.6) is 0 Å². The van der Waals surface area contributed by atoms with Crippen LogP contribution in [0.4, 0.5) is 0 Å². The Kier molecular flexibility index (Phi) is 3.29. The van der Waals surface area contributed by atoms with Gasteiger partial charge in [0.05, 0.1) is 12.3 Å². The SMILES string of the molecule is Cc1ocnc1CN(C)C(C)(C)CO. The fourth-order valence-electron chi connectivity index (χ4n) is 1.04. The van der Waals surface area contributed by atoms with Crippen LogP contribution in [0.25, 0.3) is 0 Å². The highest BCUT2D eigenvalue weighted by atomic mass is 16.3. The van der Waals surface area contributed by atoms with E-state index in [9.17, 15) is 5.11 Å². The summed E-state index contributed by atoms with van der Waals surface area (Å²) in [5, 5.41) is 9.18. The van der Waals surface area contributed by atoms with E-state index in [1.54, 1.807) is 0 Å². The van der Waals surface area contributed by atoms with Crippen molar-refractivity contribution in [3.8, 4) is 0 Å². The summed E-state index contributed by atoms with van der Waals surface area (Å²) < 4.78 is 5.11. The molecule has 0 fully saturated rings. The molecule has 0 aliphatic rings. The number of likely N-dealkylation sites (N-methyl/N-ethyl adjacent to an activating group) is 1. The molecule has 0 saturated heterocycles. The predicted molar refractivity (Wildman–Crippen MR) is 53.9 cm³/mol. The Bertz CT molecular complexity index is 294. The Hall–Kier alpha value is -0.870. The molecule has 0 unspecified atom stereocenters. The van der Waals surface area contributed by atoms with E-state index in [-0.39, 0.29) is 12.1 Å². The van der Waals surface area contributed by atoms with E-state index < -0.39 is 0 Å². The van der Waals surface area contributed by atoms with Crippen LogP contribution in [0, 0.1) is 6.92 Å². The first-order valence-electron chi connectivity index (χ1n) is 4.68. The lowest BCUT2D eigenvalue weighted by molar-refractivity contribution is 0.0722. The average Bonchev–Trinajstić information content (AvgIpc) is 2.52. The molecule has 0 aliphatic carbocycles. The van der Waals surface area contributed by atoms with Gasteiger partial charge in [-0.1, -0.05) is 0 Å². The predicted octanol–water partition coefficient (Wildman–Crippen LogP) is 1.19. The van der Waals surface area contributed by atoms with Gasteiger partial charge in [0.1, 0.15) is 5.76 Å². The quantitative estimate of drug-likeness (QED) is 0.789. The zero-order valence-corrected chi connectivity index (χ0v) is 9.24. The van der Waals surface area contributed by atoms with Crippen molar-refractivity contribution in [3.63, 3.8) is 0 Å². The van der Waals surface area contributed by atoms with Gasteiger partial charge in [-0.15, -0.1) is 0 Å². The third-order valence-corrected chi connectivity index (χ3v) is 2.65. The van der Waals surface area contributed by atoms with Crippen LogP contribution < -0.4 is 0 Å². The molecule has 0 amide bonds. The second-order valence-corrected chi connectivity index (χ2v) is 4.18. The number of aliphatic hydroxyl groups is 1. The van der Waals surface area contributed by atoms with Crippen molar-refractivity contribution >= 4 is 0 Å². The number of oxazole rings is 1. The van der Waals surface area contributed by atoms with Gasteiger partial charge in [0, 0.05) is 12.1 Å². The zero-order valence-electron chi connectivity index (χ0n) is 9.24. The fraction of sp³-hybridized carbons (Fsp3) is 0.700. The van der Waals surface area contributed by atoms with E-state index in [2.05, 4.69) is 9.88 Å². The van der Waals surface area contributed by atoms with Gasteiger partial charge < -0.3 is 9.52 Å². The lowest BCUT2D eigenvalue weighted by Crippen LogP contribution is -2.43. The Balaban J connectivity index is 2.66. The van der Waals surface area contributed by atoms with Gasteiger partial charge in [-0.2, -0.15) is 0 Å². The summed E-state index contributed by atoms with van der Waals surface area (Å²) in [5.41, 5.74) is 0.694. The molecule has 1 aromatic heterocycles. The third-order valence-electron chi connectivity index (χ3n) is 2.65. The highest BCUT2D eigenvalue weighted by molar-refractivity contribution is 5.05. The maximum atomic E-state index is 9.18. The summed E-state index contributed by atoms with van der Waals surface area (Å²) in [6, 6.07) is 0. The van der Waals surface area contributed by atoms with E-state index >= 15 is 0 Å². The average molecular weight is 198 g/mol. The number of hydrogen-bond donors (Lipinski definition) is 1. The number of aromatic nitrogens is 1. The van der Waals surface area contributed by atoms with Gasteiger partial charge in [0.2, 0.25) is 0 Å². The molecule has 1 aromatic rings. The fourth-order valence-corrected chi connectivity index (χ4v) is 1.04. The van der Waals surface area contributed by atoms with E-state index in [1.807, 2.05) is 27.8 Å². The van der Waals surface area contributed by atoms with Gasteiger partial charge >= 0.3 is 0 Å². The minimum absolute atomic E-state index is 0.125. The van der Waals surface area contributed by atoms with E-state index in [4.69, 9.17) is 4.42 Å².